The molecule has 0 bridgehead atoms. The molecular formula is C20H19N5O2. The van der Waals surface area contributed by atoms with E-state index in [1.54, 1.807) is 6.20 Å². The second-order valence-corrected chi connectivity index (χ2v) is 6.98. The van der Waals surface area contributed by atoms with Crippen molar-refractivity contribution in [2.24, 2.45) is 0 Å². The maximum absolute atomic E-state index is 13.0. The van der Waals surface area contributed by atoms with Crippen molar-refractivity contribution in [1.29, 1.82) is 0 Å². The maximum atomic E-state index is 13.0. The van der Waals surface area contributed by atoms with Gasteiger partial charge in [-0.3, -0.25) is 14.5 Å². The highest BCUT2D eigenvalue weighted by Crippen LogP contribution is 2.26. The van der Waals surface area contributed by atoms with Crippen molar-refractivity contribution in [3.63, 3.8) is 0 Å². The average Bonchev–Trinajstić information content (AvgIpc) is 3.30. The molecule has 136 valence electrons. The Morgan fingerprint density at radius 1 is 1.07 bits per heavy atom. The largest absolute Gasteiger partial charge is 0.338 e. The molecule has 4 aromatic rings. The van der Waals surface area contributed by atoms with Gasteiger partial charge in [0.05, 0.1) is 28.3 Å². The van der Waals surface area contributed by atoms with Crippen LogP contribution in [0.25, 0.3) is 21.9 Å². The summed E-state index contributed by atoms with van der Waals surface area (Å²) < 4.78 is 1.84. The molecular weight excluding hydrogens is 342 g/mol. The van der Waals surface area contributed by atoms with Crippen LogP contribution in [0.4, 0.5) is 0 Å². The van der Waals surface area contributed by atoms with Gasteiger partial charge in [-0.2, -0.15) is 5.10 Å². The zero-order valence-electron chi connectivity index (χ0n) is 14.7. The second-order valence-electron chi connectivity index (χ2n) is 6.98. The normalized spacial score (nSPS) is 15.6. The molecule has 0 unspecified atom stereocenters. The summed E-state index contributed by atoms with van der Waals surface area (Å²) >= 11 is 0. The summed E-state index contributed by atoms with van der Waals surface area (Å²) in [5.41, 5.74) is 3.12. The lowest BCUT2D eigenvalue weighted by Crippen LogP contribution is -2.40. The number of nitrogens with zero attached hydrogens (tertiary/aromatic N) is 3. The smallest absolute Gasteiger partial charge is 0.326 e. The second kappa shape index (κ2) is 6.12. The minimum atomic E-state index is -0.0804. The lowest BCUT2D eigenvalue weighted by molar-refractivity contribution is 0.0697. The SMILES string of the molecule is O=C(c1cccc2cn[nH]c12)N1CCC(n2c(=O)[nH]c3ccccc32)CC1. The van der Waals surface area contributed by atoms with E-state index >= 15 is 0 Å². The highest BCUT2D eigenvalue weighted by molar-refractivity contribution is 6.05. The number of H-pyrrole nitrogens is 2. The monoisotopic (exact) mass is 361 g/mol. The van der Waals surface area contributed by atoms with Gasteiger partial charge in [0, 0.05) is 24.5 Å². The number of para-hydroxylation sites is 3. The van der Waals surface area contributed by atoms with Crippen molar-refractivity contribution in [3.8, 4) is 0 Å². The third kappa shape index (κ3) is 2.54. The predicted octanol–water partition coefficient (Wildman–Crippen LogP) is 2.68. The molecule has 7 heteroatoms. The average molecular weight is 361 g/mol. The number of piperidine rings is 1. The number of hydrogen-bond acceptors (Lipinski definition) is 3. The van der Waals surface area contributed by atoms with Gasteiger partial charge in [-0.15, -0.1) is 0 Å². The molecule has 2 aromatic heterocycles. The fourth-order valence-electron chi connectivity index (χ4n) is 4.08. The Morgan fingerprint density at radius 2 is 1.89 bits per heavy atom. The number of likely N-dealkylation sites (tertiary alicyclic amines) is 1. The molecule has 27 heavy (non-hydrogen) atoms. The molecule has 0 spiro atoms. The number of fused-ring (bicyclic) bond motifs is 2. The number of carbonyl (C=O) groups excluding carboxylic acids is 1. The number of aromatic nitrogens is 4. The van der Waals surface area contributed by atoms with E-state index in [0.717, 1.165) is 34.8 Å². The highest BCUT2D eigenvalue weighted by Gasteiger charge is 2.27. The van der Waals surface area contributed by atoms with E-state index in [4.69, 9.17) is 0 Å². The Hall–Kier alpha value is -3.35. The van der Waals surface area contributed by atoms with Gasteiger partial charge in [0.15, 0.2) is 0 Å². The van der Waals surface area contributed by atoms with E-state index < -0.39 is 0 Å². The zero-order chi connectivity index (χ0) is 18.4. The number of hydrogen-bond donors (Lipinski definition) is 2. The standard InChI is InChI=1S/C20H19N5O2/c26-19(15-5-3-4-13-12-21-23-18(13)15)24-10-8-14(9-11-24)25-17-7-2-1-6-16(17)22-20(25)27/h1-7,12,14H,8-11H2,(H,21,23)(H,22,27). The molecule has 2 aromatic carbocycles. The number of aromatic amines is 2. The van der Waals surface area contributed by atoms with Gasteiger partial charge < -0.3 is 9.88 Å². The molecule has 0 atom stereocenters. The third-order valence-corrected chi connectivity index (χ3v) is 5.45. The molecule has 0 aliphatic carbocycles. The van der Waals surface area contributed by atoms with Crippen molar-refractivity contribution in [1.82, 2.24) is 24.6 Å². The first-order valence-corrected chi connectivity index (χ1v) is 9.13. The summed E-state index contributed by atoms with van der Waals surface area (Å²) in [5, 5.41) is 7.89. The van der Waals surface area contributed by atoms with Crippen LogP contribution in [0.5, 0.6) is 0 Å². The third-order valence-electron chi connectivity index (χ3n) is 5.45. The Bertz CT molecular complexity index is 1190. The number of amides is 1. The van der Waals surface area contributed by atoms with E-state index in [0.29, 0.717) is 18.7 Å². The van der Waals surface area contributed by atoms with Crippen LogP contribution in [-0.2, 0) is 0 Å². The fraction of sp³-hybridized carbons (Fsp3) is 0.250. The van der Waals surface area contributed by atoms with Crippen molar-refractivity contribution >= 4 is 27.8 Å². The topological polar surface area (TPSA) is 86.8 Å². The van der Waals surface area contributed by atoms with Crippen LogP contribution in [0, 0.1) is 0 Å². The number of rotatable bonds is 2. The van der Waals surface area contributed by atoms with E-state index in [1.807, 2.05) is 51.9 Å². The van der Waals surface area contributed by atoms with Crippen LogP contribution in [0.1, 0.15) is 29.2 Å². The van der Waals surface area contributed by atoms with Crippen LogP contribution >= 0.6 is 0 Å². The lowest BCUT2D eigenvalue weighted by atomic mass is 10.0. The van der Waals surface area contributed by atoms with Gasteiger partial charge in [0.1, 0.15) is 0 Å². The number of carbonyl (C=O) groups is 1. The lowest BCUT2D eigenvalue weighted by Gasteiger charge is -2.32. The molecule has 0 radical (unpaired) electrons. The molecule has 5 rings (SSSR count). The number of imidazole rings is 1. The van der Waals surface area contributed by atoms with Crippen molar-refractivity contribution < 1.29 is 4.79 Å². The van der Waals surface area contributed by atoms with Crippen molar-refractivity contribution in [2.45, 2.75) is 18.9 Å². The molecule has 1 amide bonds. The number of nitrogens with one attached hydrogen (secondary N) is 2. The minimum Gasteiger partial charge on any atom is -0.338 e. The summed E-state index contributed by atoms with van der Waals surface area (Å²) in [4.78, 5) is 30.2. The Balaban J connectivity index is 1.38. The van der Waals surface area contributed by atoms with Crippen LogP contribution in [0.3, 0.4) is 0 Å². The van der Waals surface area contributed by atoms with Crippen LogP contribution in [-0.4, -0.2) is 43.6 Å². The molecule has 1 saturated heterocycles. The van der Waals surface area contributed by atoms with Crippen molar-refractivity contribution in [2.75, 3.05) is 13.1 Å². The summed E-state index contributed by atoms with van der Waals surface area (Å²) in [5.74, 6) is 0.00886. The van der Waals surface area contributed by atoms with Gasteiger partial charge in [-0.05, 0) is 31.0 Å². The Kier molecular flexibility index (Phi) is 3.60. The first-order chi connectivity index (χ1) is 13.2. The fourth-order valence-corrected chi connectivity index (χ4v) is 4.08. The van der Waals surface area contributed by atoms with Gasteiger partial charge in [0.25, 0.3) is 5.91 Å². The van der Waals surface area contributed by atoms with Gasteiger partial charge in [0.2, 0.25) is 0 Å². The van der Waals surface area contributed by atoms with Crippen LogP contribution in [0.15, 0.2) is 53.5 Å². The molecule has 7 nitrogen and oxygen atoms in total. The van der Waals surface area contributed by atoms with Gasteiger partial charge in [-0.1, -0.05) is 24.3 Å². The molecule has 0 saturated carbocycles. The van der Waals surface area contributed by atoms with Gasteiger partial charge >= 0.3 is 5.69 Å². The zero-order valence-corrected chi connectivity index (χ0v) is 14.7. The maximum Gasteiger partial charge on any atom is 0.326 e. The number of benzene rings is 2. The first-order valence-electron chi connectivity index (χ1n) is 9.13. The summed E-state index contributed by atoms with van der Waals surface area (Å²) in [7, 11) is 0. The van der Waals surface area contributed by atoms with Gasteiger partial charge in [-0.25, -0.2) is 4.79 Å². The molecule has 1 aliphatic rings. The van der Waals surface area contributed by atoms with Crippen LogP contribution in [0.2, 0.25) is 0 Å². The molecule has 3 heterocycles. The summed E-state index contributed by atoms with van der Waals surface area (Å²) in [6.07, 6.45) is 3.24. The highest BCUT2D eigenvalue weighted by atomic mass is 16.2. The quantitative estimate of drug-likeness (QED) is 0.575. The minimum absolute atomic E-state index is 0.00886. The van der Waals surface area contributed by atoms with E-state index in [1.165, 1.54) is 0 Å². The van der Waals surface area contributed by atoms with Crippen LogP contribution < -0.4 is 5.69 Å². The molecule has 1 fully saturated rings. The summed E-state index contributed by atoms with van der Waals surface area (Å²) in [6, 6.07) is 13.5. The predicted molar refractivity (Wildman–Crippen MR) is 103 cm³/mol. The molecule has 1 aliphatic heterocycles. The van der Waals surface area contributed by atoms with E-state index in [9.17, 15) is 9.59 Å². The molecule has 2 N–H and O–H groups in total. The van der Waals surface area contributed by atoms with E-state index in [2.05, 4.69) is 15.2 Å². The van der Waals surface area contributed by atoms with E-state index in [-0.39, 0.29) is 17.6 Å². The Morgan fingerprint density at radius 3 is 2.74 bits per heavy atom. The van der Waals surface area contributed by atoms with Crippen molar-refractivity contribution in [3.05, 3.63) is 64.7 Å². The summed E-state index contributed by atoms with van der Waals surface area (Å²) in [6.45, 7) is 1.25. The Labute approximate surface area is 154 Å². The first kappa shape index (κ1) is 15.9.